The summed E-state index contributed by atoms with van der Waals surface area (Å²) in [5.74, 6) is -0.481. The van der Waals surface area contributed by atoms with Gasteiger partial charge in [0.1, 0.15) is 0 Å². The van der Waals surface area contributed by atoms with Gasteiger partial charge in [-0.3, -0.25) is 9.59 Å². The minimum Gasteiger partial charge on any atom is -0.352 e. The molecule has 1 heterocycles. The molecular weight excluding hydrogens is 310 g/mol. The first-order valence-electron chi connectivity index (χ1n) is 7.49. The Hall–Kier alpha value is -1.79. The van der Waals surface area contributed by atoms with Gasteiger partial charge in [-0.05, 0) is 31.6 Å². The molecule has 6 heteroatoms. The number of thioether (sulfide) groups is 1. The minimum atomic E-state index is -0.242. The van der Waals surface area contributed by atoms with E-state index in [4.69, 9.17) is 0 Å². The van der Waals surface area contributed by atoms with Gasteiger partial charge in [-0.2, -0.15) is 0 Å². The Morgan fingerprint density at radius 1 is 1.35 bits per heavy atom. The van der Waals surface area contributed by atoms with Gasteiger partial charge in [0.15, 0.2) is 0 Å². The van der Waals surface area contributed by atoms with Crippen LogP contribution in [-0.4, -0.2) is 43.9 Å². The number of nitrogens with zero attached hydrogens (tertiary/aromatic N) is 1. The predicted octanol–water partition coefficient (Wildman–Crippen LogP) is 2.32. The van der Waals surface area contributed by atoms with Gasteiger partial charge in [0.2, 0.25) is 5.91 Å². The van der Waals surface area contributed by atoms with Crippen LogP contribution in [0.4, 0.5) is 5.69 Å². The van der Waals surface area contributed by atoms with E-state index in [1.165, 1.54) is 17.8 Å². The number of nitrogens with one attached hydrogen (secondary N) is 2. The van der Waals surface area contributed by atoms with Gasteiger partial charge >= 0.3 is 0 Å². The standard InChI is InChI=1S/C17H23N3O2S/c1-17(2,11-20(3)4)10-18-15(21)9-14-16(22)19-12-7-5-6-8-13(12)23-14/h5-9H,10-11H2,1-4H3,(H,18,21)(H,19,22)/b14-9+. The van der Waals surface area contributed by atoms with Crippen molar-refractivity contribution in [3.63, 3.8) is 0 Å². The highest BCUT2D eigenvalue weighted by atomic mass is 32.2. The van der Waals surface area contributed by atoms with Gasteiger partial charge in [0, 0.05) is 24.1 Å². The van der Waals surface area contributed by atoms with Crippen LogP contribution < -0.4 is 10.6 Å². The number of amides is 2. The molecule has 0 aromatic heterocycles. The fourth-order valence-corrected chi connectivity index (χ4v) is 3.43. The molecule has 0 aliphatic carbocycles. The lowest BCUT2D eigenvalue weighted by molar-refractivity contribution is -0.117. The fraction of sp³-hybridized carbons (Fsp3) is 0.412. The van der Waals surface area contributed by atoms with Crippen molar-refractivity contribution in [2.45, 2.75) is 18.7 Å². The molecule has 1 aliphatic rings. The maximum absolute atomic E-state index is 12.1. The molecule has 1 aromatic carbocycles. The van der Waals surface area contributed by atoms with E-state index in [1.54, 1.807) is 0 Å². The average molecular weight is 333 g/mol. The molecular formula is C17H23N3O2S. The zero-order valence-corrected chi connectivity index (χ0v) is 14.8. The Morgan fingerprint density at radius 3 is 2.74 bits per heavy atom. The number of rotatable bonds is 5. The molecule has 124 valence electrons. The number of para-hydroxylation sites is 1. The summed E-state index contributed by atoms with van der Waals surface area (Å²) in [6, 6.07) is 7.55. The van der Waals surface area contributed by atoms with E-state index < -0.39 is 0 Å². The highest BCUT2D eigenvalue weighted by molar-refractivity contribution is 8.04. The molecule has 0 saturated carbocycles. The van der Waals surface area contributed by atoms with Crippen molar-refractivity contribution in [1.82, 2.24) is 10.2 Å². The number of fused-ring (bicyclic) bond motifs is 1. The van der Waals surface area contributed by atoms with Gasteiger partial charge in [-0.25, -0.2) is 0 Å². The van der Waals surface area contributed by atoms with E-state index in [-0.39, 0.29) is 17.2 Å². The second-order valence-corrected chi connectivity index (χ2v) is 7.76. The van der Waals surface area contributed by atoms with Crippen LogP contribution in [0.2, 0.25) is 0 Å². The molecule has 0 fully saturated rings. The van der Waals surface area contributed by atoms with Gasteiger partial charge in [0.25, 0.3) is 5.91 Å². The van der Waals surface area contributed by atoms with Crippen LogP contribution in [0.3, 0.4) is 0 Å². The largest absolute Gasteiger partial charge is 0.352 e. The van der Waals surface area contributed by atoms with E-state index in [2.05, 4.69) is 29.4 Å². The molecule has 1 aromatic rings. The van der Waals surface area contributed by atoms with Crippen LogP contribution in [-0.2, 0) is 9.59 Å². The summed E-state index contributed by atoms with van der Waals surface area (Å²) in [4.78, 5) is 27.6. The van der Waals surface area contributed by atoms with Crippen LogP contribution in [0.5, 0.6) is 0 Å². The van der Waals surface area contributed by atoms with E-state index in [0.29, 0.717) is 11.4 Å². The predicted molar refractivity (Wildman–Crippen MR) is 94.4 cm³/mol. The molecule has 0 saturated heterocycles. The summed E-state index contributed by atoms with van der Waals surface area (Å²) in [7, 11) is 4.01. The van der Waals surface area contributed by atoms with Crippen molar-refractivity contribution in [3.05, 3.63) is 35.2 Å². The first-order chi connectivity index (χ1) is 10.8. The van der Waals surface area contributed by atoms with E-state index >= 15 is 0 Å². The number of carbonyl (C=O) groups excluding carboxylic acids is 2. The number of anilines is 1. The highest BCUT2D eigenvalue weighted by Gasteiger charge is 2.23. The van der Waals surface area contributed by atoms with Crippen molar-refractivity contribution in [3.8, 4) is 0 Å². The summed E-state index contributed by atoms with van der Waals surface area (Å²) in [5, 5.41) is 5.68. The van der Waals surface area contributed by atoms with E-state index in [9.17, 15) is 9.59 Å². The quantitative estimate of drug-likeness (QED) is 0.812. The van der Waals surface area contributed by atoms with Gasteiger partial charge < -0.3 is 15.5 Å². The van der Waals surface area contributed by atoms with Crippen molar-refractivity contribution in [1.29, 1.82) is 0 Å². The molecule has 2 N–H and O–H groups in total. The first-order valence-corrected chi connectivity index (χ1v) is 8.31. The van der Waals surface area contributed by atoms with Crippen molar-refractivity contribution in [2.75, 3.05) is 32.5 Å². The van der Waals surface area contributed by atoms with Gasteiger partial charge in [0.05, 0.1) is 10.6 Å². The lowest BCUT2D eigenvalue weighted by Crippen LogP contribution is -2.39. The third-order valence-corrected chi connectivity index (χ3v) is 4.43. The Balaban J connectivity index is 1.99. The lowest BCUT2D eigenvalue weighted by Gasteiger charge is -2.28. The van der Waals surface area contributed by atoms with E-state index in [1.807, 2.05) is 38.4 Å². The third-order valence-electron chi connectivity index (χ3n) is 3.33. The molecule has 23 heavy (non-hydrogen) atoms. The van der Waals surface area contributed by atoms with Crippen LogP contribution in [0.25, 0.3) is 0 Å². The van der Waals surface area contributed by atoms with Crippen LogP contribution in [0, 0.1) is 5.41 Å². The molecule has 0 atom stereocenters. The Morgan fingerprint density at radius 2 is 2.04 bits per heavy atom. The second kappa shape index (κ2) is 7.19. The third kappa shape index (κ3) is 5.11. The molecule has 0 radical (unpaired) electrons. The molecule has 2 rings (SSSR count). The summed E-state index contributed by atoms with van der Waals surface area (Å²) >= 11 is 1.32. The lowest BCUT2D eigenvalue weighted by atomic mass is 9.93. The summed E-state index contributed by atoms with van der Waals surface area (Å²) in [6.45, 7) is 5.61. The normalized spacial score (nSPS) is 16.2. The zero-order chi connectivity index (χ0) is 17.0. The smallest absolute Gasteiger partial charge is 0.262 e. The van der Waals surface area contributed by atoms with Crippen molar-refractivity contribution < 1.29 is 9.59 Å². The van der Waals surface area contributed by atoms with Crippen LogP contribution in [0.15, 0.2) is 40.1 Å². The minimum absolute atomic E-state index is 0.0355. The number of hydrogen-bond acceptors (Lipinski definition) is 4. The van der Waals surface area contributed by atoms with Crippen molar-refractivity contribution >= 4 is 29.3 Å². The van der Waals surface area contributed by atoms with Crippen LogP contribution >= 0.6 is 11.8 Å². The first kappa shape index (κ1) is 17.6. The summed E-state index contributed by atoms with van der Waals surface area (Å²) in [5.41, 5.74) is 0.749. The Bertz CT molecular complexity index is 638. The number of hydrogen-bond donors (Lipinski definition) is 2. The molecule has 1 aliphatic heterocycles. The number of carbonyl (C=O) groups is 2. The van der Waals surface area contributed by atoms with E-state index in [0.717, 1.165) is 17.1 Å². The maximum atomic E-state index is 12.1. The molecule has 0 unspecified atom stereocenters. The Labute approximate surface area is 141 Å². The average Bonchev–Trinajstić information content (AvgIpc) is 2.45. The molecule has 0 spiro atoms. The highest BCUT2D eigenvalue weighted by Crippen LogP contribution is 2.37. The zero-order valence-electron chi connectivity index (χ0n) is 14.0. The fourth-order valence-electron chi connectivity index (χ4n) is 2.51. The summed E-state index contributed by atoms with van der Waals surface area (Å²) in [6.07, 6.45) is 1.38. The van der Waals surface area contributed by atoms with Crippen molar-refractivity contribution in [2.24, 2.45) is 5.41 Å². The van der Waals surface area contributed by atoms with Crippen LogP contribution in [0.1, 0.15) is 13.8 Å². The topological polar surface area (TPSA) is 61.4 Å². The monoisotopic (exact) mass is 333 g/mol. The Kier molecular flexibility index (Phi) is 5.49. The molecule has 0 bridgehead atoms. The van der Waals surface area contributed by atoms with Gasteiger partial charge in [-0.15, -0.1) is 0 Å². The molecule has 2 amide bonds. The summed E-state index contributed by atoms with van der Waals surface area (Å²) < 4.78 is 0. The molecule has 5 nitrogen and oxygen atoms in total. The van der Waals surface area contributed by atoms with Gasteiger partial charge in [-0.1, -0.05) is 37.7 Å². The SMILES string of the molecule is CN(C)CC(C)(C)CNC(=O)/C=C1/Sc2ccccc2NC1=O. The number of benzene rings is 1. The second-order valence-electron chi connectivity index (χ2n) is 6.68. The maximum Gasteiger partial charge on any atom is 0.262 e.